The predicted octanol–water partition coefficient (Wildman–Crippen LogP) is 4.15. The van der Waals surface area contributed by atoms with Crippen molar-refractivity contribution in [3.05, 3.63) is 77.4 Å². The molecule has 9 heteroatoms. The number of rotatable bonds is 8. The van der Waals surface area contributed by atoms with Gasteiger partial charge in [-0.15, -0.1) is 0 Å². The number of hydrogen-bond acceptors (Lipinski definition) is 6. The van der Waals surface area contributed by atoms with Crippen LogP contribution >= 0.6 is 11.6 Å². The average molecular weight is 494 g/mol. The molecule has 1 aromatic heterocycles. The van der Waals surface area contributed by atoms with E-state index >= 15 is 0 Å². The number of methoxy groups -OCH3 is 1. The SMILES string of the molecule is COc1ccccc1NC(=O)c1ccc(NC(=O)CCN2CCN(c3ccc(Cl)cn3)CC2)cc1. The zero-order valence-electron chi connectivity index (χ0n) is 19.5. The Morgan fingerprint density at radius 1 is 0.971 bits per heavy atom. The summed E-state index contributed by atoms with van der Waals surface area (Å²) in [4.78, 5) is 33.9. The minimum atomic E-state index is -0.250. The van der Waals surface area contributed by atoms with Gasteiger partial charge in [-0.3, -0.25) is 14.5 Å². The van der Waals surface area contributed by atoms with Crippen LogP contribution in [0.2, 0.25) is 5.02 Å². The van der Waals surface area contributed by atoms with E-state index < -0.39 is 0 Å². The second-order valence-electron chi connectivity index (χ2n) is 8.19. The van der Waals surface area contributed by atoms with Gasteiger partial charge in [-0.1, -0.05) is 23.7 Å². The number of nitrogens with zero attached hydrogens (tertiary/aromatic N) is 3. The molecule has 2 aromatic carbocycles. The van der Waals surface area contributed by atoms with Gasteiger partial charge in [0.15, 0.2) is 0 Å². The summed E-state index contributed by atoms with van der Waals surface area (Å²) in [5.41, 5.74) is 1.74. The normalized spacial score (nSPS) is 13.8. The number of ether oxygens (including phenoxy) is 1. The average Bonchev–Trinajstić information content (AvgIpc) is 2.89. The van der Waals surface area contributed by atoms with Crippen molar-refractivity contribution < 1.29 is 14.3 Å². The Morgan fingerprint density at radius 3 is 2.40 bits per heavy atom. The molecule has 0 bridgehead atoms. The molecule has 1 saturated heterocycles. The summed E-state index contributed by atoms with van der Waals surface area (Å²) in [5.74, 6) is 1.21. The predicted molar refractivity (Wildman–Crippen MR) is 139 cm³/mol. The standard InChI is InChI=1S/C26H28ClN5O3/c1-35-23-5-3-2-4-22(23)30-26(34)19-6-9-21(10-7-19)29-25(33)12-13-31-14-16-32(17-15-31)24-11-8-20(27)18-28-24/h2-11,18H,12-17H2,1H3,(H,29,33)(H,30,34). The lowest BCUT2D eigenvalue weighted by atomic mass is 10.2. The van der Waals surface area contributed by atoms with E-state index in [4.69, 9.17) is 16.3 Å². The van der Waals surface area contributed by atoms with E-state index in [9.17, 15) is 9.59 Å². The lowest BCUT2D eigenvalue weighted by molar-refractivity contribution is -0.116. The molecule has 0 saturated carbocycles. The fourth-order valence-electron chi connectivity index (χ4n) is 3.89. The van der Waals surface area contributed by atoms with Crippen LogP contribution < -0.4 is 20.3 Å². The van der Waals surface area contributed by atoms with Crippen molar-refractivity contribution >= 4 is 40.6 Å². The first-order valence-electron chi connectivity index (χ1n) is 11.4. The minimum absolute atomic E-state index is 0.0574. The molecule has 0 atom stereocenters. The Balaban J connectivity index is 1.21. The van der Waals surface area contributed by atoms with Crippen LogP contribution in [0.15, 0.2) is 66.9 Å². The van der Waals surface area contributed by atoms with Gasteiger partial charge in [0.25, 0.3) is 5.91 Å². The van der Waals surface area contributed by atoms with E-state index in [2.05, 4.69) is 25.4 Å². The van der Waals surface area contributed by atoms with Gasteiger partial charge in [0.2, 0.25) is 5.91 Å². The van der Waals surface area contributed by atoms with Crippen LogP contribution in [0, 0.1) is 0 Å². The summed E-state index contributed by atoms with van der Waals surface area (Å²) in [7, 11) is 1.56. The van der Waals surface area contributed by atoms with Gasteiger partial charge in [-0.25, -0.2) is 4.98 Å². The number of anilines is 3. The van der Waals surface area contributed by atoms with Crippen molar-refractivity contribution in [2.75, 3.05) is 55.4 Å². The van der Waals surface area contributed by atoms with E-state index in [1.165, 1.54) is 0 Å². The third-order valence-corrected chi connectivity index (χ3v) is 6.07. The molecular formula is C26H28ClN5O3. The van der Waals surface area contributed by atoms with Crippen LogP contribution in [0.1, 0.15) is 16.8 Å². The Morgan fingerprint density at radius 2 is 1.71 bits per heavy atom. The van der Waals surface area contributed by atoms with Gasteiger partial charge in [-0.05, 0) is 48.5 Å². The first-order valence-corrected chi connectivity index (χ1v) is 11.8. The van der Waals surface area contributed by atoms with Crippen molar-refractivity contribution in [2.45, 2.75) is 6.42 Å². The fourth-order valence-corrected chi connectivity index (χ4v) is 4.00. The molecule has 0 unspecified atom stereocenters. The molecular weight excluding hydrogens is 466 g/mol. The summed E-state index contributed by atoms with van der Waals surface area (Å²) in [6.45, 7) is 4.14. The minimum Gasteiger partial charge on any atom is -0.495 e. The third kappa shape index (κ3) is 6.71. The summed E-state index contributed by atoms with van der Waals surface area (Å²) < 4.78 is 5.27. The molecule has 8 nitrogen and oxygen atoms in total. The van der Waals surface area contributed by atoms with E-state index in [1.54, 1.807) is 49.7 Å². The smallest absolute Gasteiger partial charge is 0.255 e. The van der Waals surface area contributed by atoms with E-state index in [-0.39, 0.29) is 11.8 Å². The maximum Gasteiger partial charge on any atom is 0.255 e. The zero-order chi connectivity index (χ0) is 24.6. The highest BCUT2D eigenvalue weighted by Gasteiger charge is 2.18. The first kappa shape index (κ1) is 24.5. The first-order chi connectivity index (χ1) is 17.0. The molecule has 2 N–H and O–H groups in total. The number of aromatic nitrogens is 1. The number of halogens is 1. The van der Waals surface area contributed by atoms with Crippen LogP contribution in [-0.2, 0) is 4.79 Å². The highest BCUT2D eigenvalue weighted by atomic mass is 35.5. The molecule has 4 rings (SSSR count). The highest BCUT2D eigenvalue weighted by Crippen LogP contribution is 2.24. The third-order valence-electron chi connectivity index (χ3n) is 5.85. The highest BCUT2D eigenvalue weighted by molar-refractivity contribution is 6.30. The number of carbonyl (C=O) groups is 2. The summed E-state index contributed by atoms with van der Waals surface area (Å²) in [6.07, 6.45) is 2.06. The van der Waals surface area contributed by atoms with Gasteiger partial charge in [0.05, 0.1) is 17.8 Å². The lowest BCUT2D eigenvalue weighted by Gasteiger charge is -2.35. The lowest BCUT2D eigenvalue weighted by Crippen LogP contribution is -2.47. The van der Waals surface area contributed by atoms with Gasteiger partial charge >= 0.3 is 0 Å². The number of hydrogen-bond donors (Lipinski definition) is 2. The van der Waals surface area contributed by atoms with Crippen molar-refractivity contribution in [1.29, 1.82) is 0 Å². The van der Waals surface area contributed by atoms with Crippen molar-refractivity contribution in [2.24, 2.45) is 0 Å². The maximum absolute atomic E-state index is 12.5. The molecule has 1 fully saturated rings. The summed E-state index contributed by atoms with van der Waals surface area (Å²) >= 11 is 5.92. The quantitative estimate of drug-likeness (QED) is 0.490. The number of benzene rings is 2. The van der Waals surface area contributed by atoms with Crippen LogP contribution in [0.3, 0.4) is 0 Å². The number of piperazine rings is 1. The number of nitrogens with one attached hydrogen (secondary N) is 2. The van der Waals surface area contributed by atoms with Crippen molar-refractivity contribution in [3.8, 4) is 5.75 Å². The van der Waals surface area contributed by atoms with Crippen LogP contribution in [0.5, 0.6) is 5.75 Å². The Bertz CT molecular complexity index is 1150. The van der Waals surface area contributed by atoms with Crippen LogP contribution in [-0.4, -0.2) is 61.5 Å². The molecule has 0 aliphatic carbocycles. The van der Waals surface area contributed by atoms with Gasteiger partial charge in [-0.2, -0.15) is 0 Å². The molecule has 2 heterocycles. The maximum atomic E-state index is 12.5. The van der Waals surface area contributed by atoms with Crippen LogP contribution in [0.4, 0.5) is 17.2 Å². The molecule has 1 aliphatic heterocycles. The fraction of sp³-hybridized carbons (Fsp3) is 0.269. The topological polar surface area (TPSA) is 86.8 Å². The molecule has 1 aliphatic rings. The number of para-hydroxylation sites is 2. The molecule has 182 valence electrons. The van der Waals surface area contributed by atoms with E-state index in [0.717, 1.165) is 32.0 Å². The molecule has 0 spiro atoms. The summed E-state index contributed by atoms with van der Waals surface area (Å²) in [6, 6.07) is 17.8. The second-order valence-corrected chi connectivity index (χ2v) is 8.63. The Kier molecular flexibility index (Phi) is 8.18. The largest absolute Gasteiger partial charge is 0.495 e. The van der Waals surface area contributed by atoms with Gasteiger partial charge in [0.1, 0.15) is 11.6 Å². The Hall–Kier alpha value is -3.62. The van der Waals surface area contributed by atoms with Crippen molar-refractivity contribution in [1.82, 2.24) is 9.88 Å². The molecule has 0 radical (unpaired) electrons. The monoisotopic (exact) mass is 493 g/mol. The van der Waals surface area contributed by atoms with Crippen molar-refractivity contribution in [3.63, 3.8) is 0 Å². The number of pyridine rings is 1. The van der Waals surface area contributed by atoms with E-state index in [0.29, 0.717) is 40.7 Å². The van der Waals surface area contributed by atoms with E-state index in [1.807, 2.05) is 24.3 Å². The molecule has 2 amide bonds. The molecule has 35 heavy (non-hydrogen) atoms. The summed E-state index contributed by atoms with van der Waals surface area (Å²) in [5, 5.41) is 6.37. The number of amides is 2. The van der Waals surface area contributed by atoms with Gasteiger partial charge in [0, 0.05) is 56.6 Å². The zero-order valence-corrected chi connectivity index (χ0v) is 20.3. The Labute approximate surface area is 209 Å². The number of carbonyl (C=O) groups excluding carboxylic acids is 2. The molecule has 3 aromatic rings. The van der Waals surface area contributed by atoms with Gasteiger partial charge < -0.3 is 20.3 Å². The van der Waals surface area contributed by atoms with Crippen LogP contribution in [0.25, 0.3) is 0 Å². The second kappa shape index (κ2) is 11.7.